The second-order valence-electron chi connectivity index (χ2n) is 3.20. The maximum absolute atomic E-state index is 13.3. The molecular weight excluding hydrogens is 193 g/mol. The average molecular weight is 209 g/mol. The van der Waals surface area contributed by atoms with E-state index in [1.807, 2.05) is 6.08 Å². The minimum absolute atomic E-state index is 0.255. The van der Waals surface area contributed by atoms with Crippen LogP contribution in [0.3, 0.4) is 0 Å². The van der Waals surface area contributed by atoms with Crippen LogP contribution in [0.25, 0.3) is 0 Å². The van der Waals surface area contributed by atoms with E-state index in [0.717, 1.165) is 19.4 Å². The Labute approximate surface area is 89.8 Å². The molecule has 82 valence electrons. The minimum atomic E-state index is -0.255. The van der Waals surface area contributed by atoms with Gasteiger partial charge in [0.1, 0.15) is 11.6 Å². The lowest BCUT2D eigenvalue weighted by molar-refractivity contribution is 0.414. The van der Waals surface area contributed by atoms with E-state index in [1.165, 1.54) is 6.07 Å². The molecule has 1 N–H and O–H groups in total. The second-order valence-corrected chi connectivity index (χ2v) is 3.20. The summed E-state index contributed by atoms with van der Waals surface area (Å²) in [7, 11) is 1.56. The van der Waals surface area contributed by atoms with Gasteiger partial charge < -0.3 is 10.1 Å². The standard InChI is InChI=1S/C12H16FNO/c1-3-4-5-8-14-12-9-10(15-2)6-7-11(12)13/h3,6-7,9,14H,1,4-5,8H2,2H3. The number of hydrogen-bond donors (Lipinski definition) is 1. The summed E-state index contributed by atoms with van der Waals surface area (Å²) in [6.45, 7) is 4.36. The van der Waals surface area contributed by atoms with Crippen LogP contribution in [0, 0.1) is 5.82 Å². The zero-order valence-electron chi connectivity index (χ0n) is 8.92. The number of methoxy groups -OCH3 is 1. The fourth-order valence-corrected chi connectivity index (χ4v) is 1.24. The van der Waals surface area contributed by atoms with E-state index in [9.17, 15) is 4.39 Å². The van der Waals surface area contributed by atoms with E-state index in [0.29, 0.717) is 11.4 Å². The molecule has 0 heterocycles. The Bertz CT molecular complexity index is 325. The number of halogens is 1. The molecule has 0 aliphatic rings. The van der Waals surface area contributed by atoms with Gasteiger partial charge in [0.25, 0.3) is 0 Å². The van der Waals surface area contributed by atoms with Crippen molar-refractivity contribution in [1.29, 1.82) is 0 Å². The van der Waals surface area contributed by atoms with Gasteiger partial charge in [0.15, 0.2) is 0 Å². The summed E-state index contributed by atoms with van der Waals surface area (Å²) in [6.07, 6.45) is 3.72. The van der Waals surface area contributed by atoms with Crippen LogP contribution in [-0.2, 0) is 0 Å². The topological polar surface area (TPSA) is 21.3 Å². The van der Waals surface area contributed by atoms with Crippen molar-refractivity contribution in [3.05, 3.63) is 36.7 Å². The number of rotatable bonds is 6. The maximum Gasteiger partial charge on any atom is 0.146 e. The van der Waals surface area contributed by atoms with Crippen molar-refractivity contribution < 1.29 is 9.13 Å². The molecule has 0 aliphatic heterocycles. The Balaban J connectivity index is 2.54. The third kappa shape index (κ3) is 3.62. The molecule has 0 radical (unpaired) electrons. The second kappa shape index (κ2) is 6.06. The molecular formula is C12H16FNO. The highest BCUT2D eigenvalue weighted by Crippen LogP contribution is 2.20. The van der Waals surface area contributed by atoms with Crippen molar-refractivity contribution in [2.24, 2.45) is 0 Å². The first kappa shape index (κ1) is 11.6. The molecule has 0 saturated heterocycles. The van der Waals surface area contributed by atoms with Gasteiger partial charge in [0.2, 0.25) is 0 Å². The molecule has 1 rings (SSSR count). The molecule has 0 bridgehead atoms. The van der Waals surface area contributed by atoms with Gasteiger partial charge >= 0.3 is 0 Å². The van der Waals surface area contributed by atoms with Crippen LogP contribution in [0.4, 0.5) is 10.1 Å². The summed E-state index contributed by atoms with van der Waals surface area (Å²) in [5.74, 6) is 0.400. The lowest BCUT2D eigenvalue weighted by Gasteiger charge is -2.08. The third-order valence-electron chi connectivity index (χ3n) is 2.07. The molecule has 0 aromatic heterocycles. The van der Waals surface area contributed by atoms with E-state index in [-0.39, 0.29) is 5.82 Å². The number of benzene rings is 1. The summed E-state index contributed by atoms with van der Waals surface area (Å²) in [6, 6.07) is 4.65. The summed E-state index contributed by atoms with van der Waals surface area (Å²) in [4.78, 5) is 0. The highest BCUT2D eigenvalue weighted by Gasteiger charge is 2.02. The van der Waals surface area contributed by atoms with E-state index in [2.05, 4.69) is 11.9 Å². The summed E-state index contributed by atoms with van der Waals surface area (Å²) < 4.78 is 18.3. The van der Waals surface area contributed by atoms with Gasteiger partial charge in [-0.3, -0.25) is 0 Å². The van der Waals surface area contributed by atoms with Gasteiger partial charge in [0, 0.05) is 12.6 Å². The average Bonchev–Trinajstić information content (AvgIpc) is 2.26. The zero-order chi connectivity index (χ0) is 11.1. The fraction of sp³-hybridized carbons (Fsp3) is 0.333. The van der Waals surface area contributed by atoms with Gasteiger partial charge in [0.05, 0.1) is 12.8 Å². The van der Waals surface area contributed by atoms with Gasteiger partial charge in [-0.2, -0.15) is 0 Å². The van der Waals surface area contributed by atoms with Gasteiger partial charge in [-0.25, -0.2) is 4.39 Å². The van der Waals surface area contributed by atoms with Crippen molar-refractivity contribution in [3.8, 4) is 5.75 Å². The number of anilines is 1. The Morgan fingerprint density at radius 3 is 3.00 bits per heavy atom. The summed E-state index contributed by atoms with van der Waals surface area (Å²) in [5.41, 5.74) is 0.485. The lowest BCUT2D eigenvalue weighted by Crippen LogP contribution is -2.03. The molecule has 1 aromatic carbocycles. The van der Waals surface area contributed by atoms with Crippen LogP contribution in [-0.4, -0.2) is 13.7 Å². The Hall–Kier alpha value is -1.51. The van der Waals surface area contributed by atoms with Crippen LogP contribution in [0.1, 0.15) is 12.8 Å². The minimum Gasteiger partial charge on any atom is -0.497 e. The van der Waals surface area contributed by atoms with Crippen molar-refractivity contribution in [1.82, 2.24) is 0 Å². The molecule has 0 saturated carbocycles. The molecule has 2 nitrogen and oxygen atoms in total. The highest BCUT2D eigenvalue weighted by molar-refractivity contribution is 5.49. The first-order valence-electron chi connectivity index (χ1n) is 4.96. The maximum atomic E-state index is 13.3. The van der Waals surface area contributed by atoms with Crippen LogP contribution in [0.15, 0.2) is 30.9 Å². The van der Waals surface area contributed by atoms with Crippen LogP contribution in [0.2, 0.25) is 0 Å². The van der Waals surface area contributed by atoms with E-state index < -0.39 is 0 Å². The predicted octanol–water partition coefficient (Wildman–Crippen LogP) is 3.21. The molecule has 0 spiro atoms. The molecule has 0 fully saturated rings. The van der Waals surface area contributed by atoms with Crippen molar-refractivity contribution in [2.75, 3.05) is 19.0 Å². The Morgan fingerprint density at radius 2 is 2.33 bits per heavy atom. The number of nitrogens with one attached hydrogen (secondary N) is 1. The van der Waals surface area contributed by atoms with Crippen molar-refractivity contribution in [3.63, 3.8) is 0 Å². The van der Waals surface area contributed by atoms with E-state index in [1.54, 1.807) is 19.2 Å². The van der Waals surface area contributed by atoms with E-state index >= 15 is 0 Å². The Morgan fingerprint density at radius 1 is 1.53 bits per heavy atom. The number of unbranched alkanes of at least 4 members (excludes halogenated alkanes) is 1. The quantitative estimate of drug-likeness (QED) is 0.573. The monoisotopic (exact) mass is 209 g/mol. The smallest absolute Gasteiger partial charge is 0.146 e. The highest BCUT2D eigenvalue weighted by atomic mass is 19.1. The summed E-state index contributed by atoms with van der Waals surface area (Å²) in [5, 5.41) is 3.02. The van der Waals surface area contributed by atoms with Gasteiger partial charge in [-0.05, 0) is 25.0 Å². The SMILES string of the molecule is C=CCCCNc1cc(OC)ccc1F. The molecule has 0 amide bonds. The molecule has 15 heavy (non-hydrogen) atoms. The normalized spacial score (nSPS) is 9.73. The van der Waals surface area contributed by atoms with Gasteiger partial charge in [-0.1, -0.05) is 6.08 Å². The molecule has 0 atom stereocenters. The van der Waals surface area contributed by atoms with Crippen LogP contribution in [0.5, 0.6) is 5.75 Å². The fourth-order valence-electron chi connectivity index (χ4n) is 1.24. The molecule has 1 aromatic rings. The third-order valence-corrected chi connectivity index (χ3v) is 2.07. The number of ether oxygens (including phenoxy) is 1. The first-order valence-corrected chi connectivity index (χ1v) is 4.96. The summed E-state index contributed by atoms with van der Waals surface area (Å²) >= 11 is 0. The van der Waals surface area contributed by atoms with Crippen LogP contribution < -0.4 is 10.1 Å². The number of hydrogen-bond acceptors (Lipinski definition) is 2. The molecule has 0 aliphatic carbocycles. The van der Waals surface area contributed by atoms with Crippen molar-refractivity contribution >= 4 is 5.69 Å². The lowest BCUT2D eigenvalue weighted by atomic mass is 10.2. The number of allylic oxidation sites excluding steroid dienone is 1. The van der Waals surface area contributed by atoms with Crippen LogP contribution >= 0.6 is 0 Å². The first-order chi connectivity index (χ1) is 7.27. The molecule has 0 unspecified atom stereocenters. The zero-order valence-corrected chi connectivity index (χ0v) is 8.92. The predicted molar refractivity (Wildman–Crippen MR) is 60.9 cm³/mol. The molecule has 3 heteroatoms. The van der Waals surface area contributed by atoms with Gasteiger partial charge in [-0.15, -0.1) is 6.58 Å². The Kier molecular flexibility index (Phi) is 4.68. The van der Waals surface area contributed by atoms with E-state index in [4.69, 9.17) is 4.74 Å². The largest absolute Gasteiger partial charge is 0.497 e. The van der Waals surface area contributed by atoms with Crippen molar-refractivity contribution in [2.45, 2.75) is 12.8 Å².